The zero-order chi connectivity index (χ0) is 10.7. The lowest BCUT2D eigenvalue weighted by molar-refractivity contribution is 0.244. The van der Waals surface area contributed by atoms with Gasteiger partial charge in [-0.25, -0.2) is 4.63 Å². The van der Waals surface area contributed by atoms with Gasteiger partial charge in [0.2, 0.25) is 0 Å². The molecule has 2 N–H and O–H groups in total. The summed E-state index contributed by atoms with van der Waals surface area (Å²) < 4.78 is 4.61. The van der Waals surface area contributed by atoms with Gasteiger partial charge in [-0.2, -0.15) is 0 Å². The minimum atomic E-state index is 0.284. The van der Waals surface area contributed by atoms with Gasteiger partial charge in [0.15, 0.2) is 0 Å². The van der Waals surface area contributed by atoms with Crippen molar-refractivity contribution in [3.63, 3.8) is 0 Å². The average Bonchev–Trinajstić information content (AvgIpc) is 2.85. The van der Waals surface area contributed by atoms with E-state index in [4.69, 9.17) is 5.11 Å². The number of aliphatic hydroxyl groups is 1. The summed E-state index contributed by atoms with van der Waals surface area (Å²) in [6.45, 7) is 3.81. The van der Waals surface area contributed by atoms with Crippen LogP contribution in [-0.2, 0) is 6.54 Å². The van der Waals surface area contributed by atoms with E-state index in [1.54, 1.807) is 0 Å². The number of rotatable bonds is 6. The molecule has 5 nitrogen and oxygen atoms in total. The van der Waals surface area contributed by atoms with Crippen molar-refractivity contribution in [3.05, 3.63) is 11.4 Å². The first-order valence-corrected chi connectivity index (χ1v) is 5.35. The van der Waals surface area contributed by atoms with Crippen molar-refractivity contribution in [1.82, 2.24) is 15.6 Å². The number of aliphatic hydroxyl groups excluding tert-OH is 1. The molecule has 1 aromatic heterocycles. The Morgan fingerprint density at radius 2 is 2.27 bits per heavy atom. The van der Waals surface area contributed by atoms with E-state index in [2.05, 4.69) is 20.3 Å². The van der Waals surface area contributed by atoms with E-state index < -0.39 is 0 Å². The summed E-state index contributed by atoms with van der Waals surface area (Å²) in [7, 11) is 0. The lowest BCUT2D eigenvalue weighted by Crippen LogP contribution is -2.24. The molecule has 0 spiro atoms. The predicted molar refractivity (Wildman–Crippen MR) is 54.1 cm³/mol. The van der Waals surface area contributed by atoms with Crippen molar-refractivity contribution in [2.45, 2.75) is 32.7 Å². The second-order valence-corrected chi connectivity index (χ2v) is 4.37. The molecule has 0 radical (unpaired) electrons. The largest absolute Gasteiger partial charge is 0.396 e. The molecule has 1 heterocycles. The van der Waals surface area contributed by atoms with Crippen molar-refractivity contribution >= 4 is 0 Å². The van der Waals surface area contributed by atoms with Crippen molar-refractivity contribution in [1.29, 1.82) is 0 Å². The van der Waals surface area contributed by atoms with Crippen molar-refractivity contribution in [2.75, 3.05) is 13.2 Å². The molecule has 5 heteroatoms. The summed E-state index contributed by atoms with van der Waals surface area (Å²) in [6.07, 6.45) is 3.34. The Labute approximate surface area is 88.8 Å². The first-order chi connectivity index (χ1) is 7.26. The van der Waals surface area contributed by atoms with Crippen LogP contribution in [0.2, 0.25) is 0 Å². The van der Waals surface area contributed by atoms with Crippen LogP contribution in [0.25, 0.3) is 0 Å². The SMILES string of the molecule is Cc1nonc1CNCC1(CCO)CC1. The first kappa shape index (κ1) is 10.6. The fourth-order valence-corrected chi connectivity index (χ4v) is 1.79. The molecule has 1 aromatic rings. The summed E-state index contributed by atoms with van der Waals surface area (Å²) >= 11 is 0. The Kier molecular flexibility index (Phi) is 3.02. The van der Waals surface area contributed by atoms with E-state index in [9.17, 15) is 0 Å². The maximum atomic E-state index is 8.90. The van der Waals surface area contributed by atoms with Crippen LogP contribution < -0.4 is 5.32 Å². The zero-order valence-corrected chi connectivity index (χ0v) is 8.99. The van der Waals surface area contributed by atoms with E-state index in [1.165, 1.54) is 12.8 Å². The monoisotopic (exact) mass is 211 g/mol. The highest BCUT2D eigenvalue weighted by molar-refractivity contribution is 5.04. The lowest BCUT2D eigenvalue weighted by atomic mass is 10.0. The fraction of sp³-hybridized carbons (Fsp3) is 0.800. The molecular formula is C10H17N3O2. The Bertz CT molecular complexity index is 320. The summed E-state index contributed by atoms with van der Waals surface area (Å²) in [5, 5.41) is 19.8. The number of aryl methyl sites for hydroxylation is 1. The molecule has 1 saturated carbocycles. The molecule has 0 unspecified atom stereocenters. The molecule has 1 fully saturated rings. The molecule has 1 aliphatic rings. The molecule has 0 amide bonds. The van der Waals surface area contributed by atoms with Gasteiger partial charge in [0.25, 0.3) is 0 Å². The number of nitrogens with zero attached hydrogens (tertiary/aromatic N) is 2. The van der Waals surface area contributed by atoms with Crippen LogP contribution in [0, 0.1) is 12.3 Å². The van der Waals surface area contributed by atoms with Crippen LogP contribution >= 0.6 is 0 Å². The van der Waals surface area contributed by atoms with E-state index >= 15 is 0 Å². The molecule has 0 aromatic carbocycles. The van der Waals surface area contributed by atoms with Gasteiger partial charge < -0.3 is 10.4 Å². The predicted octanol–water partition coefficient (Wildman–Crippen LogP) is 0.630. The second-order valence-electron chi connectivity index (χ2n) is 4.37. The Hall–Kier alpha value is -0.940. The van der Waals surface area contributed by atoms with Gasteiger partial charge in [-0.1, -0.05) is 10.3 Å². The van der Waals surface area contributed by atoms with E-state index in [0.717, 1.165) is 24.4 Å². The second kappa shape index (κ2) is 4.28. The molecule has 0 atom stereocenters. The standard InChI is InChI=1S/C10H17N3O2/c1-8-9(13-15-12-8)6-11-7-10(2-3-10)4-5-14/h11,14H,2-7H2,1H3. The maximum Gasteiger partial charge on any atom is 0.121 e. The quantitative estimate of drug-likeness (QED) is 0.722. The van der Waals surface area contributed by atoms with Crippen LogP contribution in [-0.4, -0.2) is 28.6 Å². The third-order valence-electron chi connectivity index (χ3n) is 3.14. The summed E-state index contributed by atoms with van der Waals surface area (Å²) in [4.78, 5) is 0. The normalized spacial score (nSPS) is 18.0. The summed E-state index contributed by atoms with van der Waals surface area (Å²) in [5.41, 5.74) is 2.06. The summed E-state index contributed by atoms with van der Waals surface area (Å²) in [5.74, 6) is 0. The van der Waals surface area contributed by atoms with Gasteiger partial charge in [-0.15, -0.1) is 0 Å². The molecule has 0 bridgehead atoms. The smallest absolute Gasteiger partial charge is 0.121 e. The van der Waals surface area contributed by atoms with Gasteiger partial charge in [-0.05, 0) is 31.6 Å². The average molecular weight is 211 g/mol. The Morgan fingerprint density at radius 3 is 2.80 bits per heavy atom. The molecule has 1 aliphatic carbocycles. The van der Waals surface area contributed by atoms with Crippen LogP contribution in [0.5, 0.6) is 0 Å². The number of hydrogen-bond acceptors (Lipinski definition) is 5. The van der Waals surface area contributed by atoms with Crippen LogP contribution in [0.15, 0.2) is 4.63 Å². The maximum absolute atomic E-state index is 8.90. The van der Waals surface area contributed by atoms with Crippen molar-refractivity contribution in [3.8, 4) is 0 Å². The molecular weight excluding hydrogens is 194 g/mol. The van der Waals surface area contributed by atoms with Gasteiger partial charge in [0.1, 0.15) is 11.4 Å². The summed E-state index contributed by atoms with van der Waals surface area (Å²) in [6, 6.07) is 0. The Balaban J connectivity index is 1.73. The first-order valence-electron chi connectivity index (χ1n) is 5.35. The third-order valence-corrected chi connectivity index (χ3v) is 3.14. The zero-order valence-electron chi connectivity index (χ0n) is 8.99. The lowest BCUT2D eigenvalue weighted by Gasteiger charge is -2.13. The third kappa shape index (κ3) is 2.54. The highest BCUT2D eigenvalue weighted by Gasteiger charge is 2.41. The minimum absolute atomic E-state index is 0.284. The van der Waals surface area contributed by atoms with E-state index in [-0.39, 0.29) is 6.61 Å². The van der Waals surface area contributed by atoms with Crippen molar-refractivity contribution in [2.24, 2.45) is 5.41 Å². The van der Waals surface area contributed by atoms with Gasteiger partial charge in [0, 0.05) is 19.7 Å². The van der Waals surface area contributed by atoms with Crippen LogP contribution in [0.3, 0.4) is 0 Å². The number of aromatic nitrogens is 2. The molecule has 0 aliphatic heterocycles. The van der Waals surface area contributed by atoms with E-state index in [1.807, 2.05) is 6.92 Å². The minimum Gasteiger partial charge on any atom is -0.396 e. The number of nitrogens with one attached hydrogen (secondary N) is 1. The molecule has 84 valence electrons. The van der Waals surface area contributed by atoms with Crippen LogP contribution in [0.4, 0.5) is 0 Å². The highest BCUT2D eigenvalue weighted by atomic mass is 16.6. The van der Waals surface area contributed by atoms with Gasteiger partial charge >= 0.3 is 0 Å². The van der Waals surface area contributed by atoms with Crippen LogP contribution in [0.1, 0.15) is 30.7 Å². The van der Waals surface area contributed by atoms with Gasteiger partial charge in [0.05, 0.1) is 0 Å². The molecule has 0 saturated heterocycles. The molecule has 15 heavy (non-hydrogen) atoms. The van der Waals surface area contributed by atoms with Crippen molar-refractivity contribution < 1.29 is 9.74 Å². The van der Waals surface area contributed by atoms with Gasteiger partial charge in [-0.3, -0.25) is 0 Å². The number of hydrogen-bond donors (Lipinski definition) is 2. The molecule has 2 rings (SSSR count). The highest BCUT2D eigenvalue weighted by Crippen LogP contribution is 2.47. The fourth-order valence-electron chi connectivity index (χ4n) is 1.79. The van der Waals surface area contributed by atoms with E-state index in [0.29, 0.717) is 12.0 Å². The Morgan fingerprint density at radius 1 is 1.47 bits per heavy atom. The topological polar surface area (TPSA) is 71.2 Å².